The van der Waals surface area contributed by atoms with Crippen LogP contribution >= 0.6 is 11.6 Å². The van der Waals surface area contributed by atoms with Gasteiger partial charge in [-0.2, -0.15) is 5.26 Å². The standard InChI is InChI=1S/C11H12ClNOS/c12-11-5-3-10(4-6-11)9-15(14)8-2-1-7-13/h3-6H,1-2,8-9H2. The molecule has 0 aliphatic heterocycles. The Labute approximate surface area is 97.3 Å². The quantitative estimate of drug-likeness (QED) is 0.744. The maximum Gasteiger partial charge on any atom is 0.0622 e. The van der Waals surface area contributed by atoms with Crippen LogP contribution in [-0.2, 0) is 16.6 Å². The van der Waals surface area contributed by atoms with Crippen LogP contribution in [0.3, 0.4) is 0 Å². The second kappa shape index (κ2) is 6.60. The number of hydrogen-bond donors (Lipinski definition) is 0. The van der Waals surface area contributed by atoms with E-state index in [1.165, 1.54) is 0 Å². The monoisotopic (exact) mass is 241 g/mol. The van der Waals surface area contributed by atoms with E-state index in [4.69, 9.17) is 16.9 Å². The number of hydrogen-bond acceptors (Lipinski definition) is 2. The highest BCUT2D eigenvalue weighted by atomic mass is 35.5. The third-order valence-corrected chi connectivity index (χ3v) is 3.55. The summed E-state index contributed by atoms with van der Waals surface area (Å²) in [7, 11) is -0.873. The van der Waals surface area contributed by atoms with Crippen molar-refractivity contribution in [3.8, 4) is 6.07 Å². The number of rotatable bonds is 5. The molecule has 0 heterocycles. The molecule has 0 radical (unpaired) electrons. The van der Waals surface area contributed by atoms with Crippen LogP contribution in [0.25, 0.3) is 0 Å². The van der Waals surface area contributed by atoms with E-state index >= 15 is 0 Å². The summed E-state index contributed by atoms with van der Waals surface area (Å²) in [5.74, 6) is 1.14. The van der Waals surface area contributed by atoms with Gasteiger partial charge in [0.15, 0.2) is 0 Å². The van der Waals surface area contributed by atoms with Crippen molar-refractivity contribution in [2.75, 3.05) is 5.75 Å². The van der Waals surface area contributed by atoms with E-state index < -0.39 is 10.8 Å². The number of unbranched alkanes of at least 4 members (excludes halogenated alkanes) is 1. The fourth-order valence-electron chi connectivity index (χ4n) is 1.15. The van der Waals surface area contributed by atoms with Crippen molar-refractivity contribution in [2.45, 2.75) is 18.6 Å². The lowest BCUT2D eigenvalue weighted by molar-refractivity contribution is 0.680. The summed E-state index contributed by atoms with van der Waals surface area (Å²) in [6.45, 7) is 0. The summed E-state index contributed by atoms with van der Waals surface area (Å²) in [5, 5.41) is 9.02. The normalized spacial score (nSPS) is 12.0. The molecule has 0 bridgehead atoms. The molecule has 0 saturated heterocycles. The second-order valence-corrected chi connectivity index (χ2v) is 5.19. The first-order valence-electron chi connectivity index (χ1n) is 4.69. The first-order chi connectivity index (χ1) is 7.22. The fraction of sp³-hybridized carbons (Fsp3) is 0.364. The van der Waals surface area contributed by atoms with Gasteiger partial charge in [0.1, 0.15) is 0 Å². The lowest BCUT2D eigenvalue weighted by Gasteiger charge is -2.01. The molecule has 80 valence electrons. The van der Waals surface area contributed by atoms with Gasteiger partial charge in [-0.1, -0.05) is 23.7 Å². The molecular formula is C11H12ClNOS. The van der Waals surface area contributed by atoms with Crippen molar-refractivity contribution in [3.05, 3.63) is 34.9 Å². The Hall–Kier alpha value is -0.850. The molecule has 1 aromatic rings. The van der Waals surface area contributed by atoms with E-state index in [2.05, 4.69) is 0 Å². The molecule has 1 rings (SSSR count). The zero-order valence-electron chi connectivity index (χ0n) is 8.28. The molecule has 0 aliphatic carbocycles. The maximum atomic E-state index is 11.5. The van der Waals surface area contributed by atoms with Gasteiger partial charge in [0.05, 0.1) is 6.07 Å². The van der Waals surface area contributed by atoms with Gasteiger partial charge < -0.3 is 0 Å². The van der Waals surface area contributed by atoms with Crippen molar-refractivity contribution in [1.82, 2.24) is 0 Å². The van der Waals surface area contributed by atoms with Gasteiger partial charge in [-0.05, 0) is 24.1 Å². The highest BCUT2D eigenvalue weighted by Crippen LogP contribution is 2.11. The van der Waals surface area contributed by atoms with Gasteiger partial charge >= 0.3 is 0 Å². The average Bonchev–Trinajstić information content (AvgIpc) is 2.22. The molecule has 1 atom stereocenters. The van der Waals surface area contributed by atoms with Crippen LogP contribution in [0.2, 0.25) is 5.02 Å². The van der Waals surface area contributed by atoms with Crippen LogP contribution in [0.5, 0.6) is 0 Å². The van der Waals surface area contributed by atoms with Gasteiger partial charge in [0, 0.05) is 33.7 Å². The minimum atomic E-state index is -0.873. The number of halogens is 1. The summed E-state index contributed by atoms with van der Waals surface area (Å²) < 4.78 is 11.5. The third kappa shape index (κ3) is 4.96. The Bertz CT molecular complexity index is 369. The van der Waals surface area contributed by atoms with Crippen LogP contribution in [0.15, 0.2) is 24.3 Å². The predicted octanol–water partition coefficient (Wildman–Crippen LogP) is 2.89. The lowest BCUT2D eigenvalue weighted by atomic mass is 10.2. The van der Waals surface area contributed by atoms with Gasteiger partial charge in [-0.3, -0.25) is 4.21 Å². The summed E-state index contributed by atoms with van der Waals surface area (Å²) in [6.07, 6.45) is 1.18. The van der Waals surface area contributed by atoms with Gasteiger partial charge in [-0.25, -0.2) is 0 Å². The Morgan fingerprint density at radius 1 is 1.33 bits per heavy atom. The molecule has 0 fully saturated rings. The topological polar surface area (TPSA) is 40.9 Å². The molecule has 0 saturated carbocycles. The van der Waals surface area contributed by atoms with Gasteiger partial charge in [0.25, 0.3) is 0 Å². The predicted molar refractivity (Wildman–Crippen MR) is 63.0 cm³/mol. The second-order valence-electron chi connectivity index (χ2n) is 3.18. The van der Waals surface area contributed by atoms with E-state index in [9.17, 15) is 4.21 Å². The zero-order chi connectivity index (χ0) is 11.1. The molecule has 0 aromatic heterocycles. The van der Waals surface area contributed by atoms with Crippen LogP contribution in [0, 0.1) is 11.3 Å². The summed E-state index contributed by atoms with van der Waals surface area (Å²) in [4.78, 5) is 0. The zero-order valence-corrected chi connectivity index (χ0v) is 9.85. The Kier molecular flexibility index (Phi) is 5.38. The lowest BCUT2D eigenvalue weighted by Crippen LogP contribution is -2.00. The maximum absolute atomic E-state index is 11.5. The third-order valence-electron chi connectivity index (χ3n) is 1.90. The van der Waals surface area contributed by atoms with Crippen molar-refractivity contribution in [1.29, 1.82) is 5.26 Å². The number of benzene rings is 1. The molecule has 0 spiro atoms. The minimum absolute atomic E-state index is 0.479. The van der Waals surface area contributed by atoms with E-state index in [0.29, 0.717) is 29.4 Å². The average molecular weight is 242 g/mol. The van der Waals surface area contributed by atoms with Crippen LogP contribution in [0.4, 0.5) is 0 Å². The largest absolute Gasteiger partial charge is 0.259 e. The highest BCUT2D eigenvalue weighted by molar-refractivity contribution is 7.84. The molecule has 0 N–H and O–H groups in total. The molecule has 1 unspecified atom stereocenters. The smallest absolute Gasteiger partial charge is 0.0622 e. The first-order valence-corrected chi connectivity index (χ1v) is 6.55. The summed E-state index contributed by atoms with van der Waals surface area (Å²) >= 11 is 5.74. The molecule has 15 heavy (non-hydrogen) atoms. The number of nitrogens with zero attached hydrogens (tertiary/aromatic N) is 1. The minimum Gasteiger partial charge on any atom is -0.259 e. The first kappa shape index (κ1) is 12.2. The Morgan fingerprint density at radius 2 is 2.00 bits per heavy atom. The van der Waals surface area contributed by atoms with Gasteiger partial charge in [-0.15, -0.1) is 0 Å². The van der Waals surface area contributed by atoms with Crippen molar-refractivity contribution in [2.24, 2.45) is 0 Å². The van der Waals surface area contributed by atoms with Crippen LogP contribution < -0.4 is 0 Å². The Morgan fingerprint density at radius 3 is 2.60 bits per heavy atom. The summed E-state index contributed by atoms with van der Waals surface area (Å²) in [5.41, 5.74) is 1.02. The number of nitriles is 1. The molecule has 0 aliphatic rings. The van der Waals surface area contributed by atoms with E-state index in [1.807, 2.05) is 18.2 Å². The Balaban J connectivity index is 2.38. The molecular weight excluding hydrogens is 230 g/mol. The van der Waals surface area contributed by atoms with E-state index in [0.717, 1.165) is 5.56 Å². The van der Waals surface area contributed by atoms with E-state index in [-0.39, 0.29) is 0 Å². The molecule has 0 amide bonds. The van der Waals surface area contributed by atoms with Crippen LogP contribution in [0.1, 0.15) is 18.4 Å². The molecule has 1 aromatic carbocycles. The van der Waals surface area contributed by atoms with Gasteiger partial charge in [0.2, 0.25) is 0 Å². The SMILES string of the molecule is N#CCCCS(=O)Cc1ccc(Cl)cc1. The fourth-order valence-corrected chi connectivity index (χ4v) is 2.45. The van der Waals surface area contributed by atoms with Crippen molar-refractivity contribution in [3.63, 3.8) is 0 Å². The molecule has 2 nitrogen and oxygen atoms in total. The van der Waals surface area contributed by atoms with Crippen LogP contribution in [-0.4, -0.2) is 9.96 Å². The van der Waals surface area contributed by atoms with Crippen molar-refractivity contribution >= 4 is 22.4 Å². The van der Waals surface area contributed by atoms with Crippen molar-refractivity contribution < 1.29 is 4.21 Å². The van der Waals surface area contributed by atoms with E-state index in [1.54, 1.807) is 12.1 Å². The highest BCUT2D eigenvalue weighted by Gasteiger charge is 2.01. The molecule has 4 heteroatoms. The summed E-state index contributed by atoms with van der Waals surface area (Å²) in [6, 6.07) is 9.39.